The second kappa shape index (κ2) is 5.61. The van der Waals surface area contributed by atoms with Crippen LogP contribution >= 0.6 is 0 Å². The van der Waals surface area contributed by atoms with Crippen LogP contribution in [0.2, 0.25) is 0 Å². The van der Waals surface area contributed by atoms with Gasteiger partial charge in [0.2, 0.25) is 5.82 Å². The van der Waals surface area contributed by atoms with E-state index < -0.39 is 4.92 Å². The number of aromatic nitrogens is 1. The van der Waals surface area contributed by atoms with Gasteiger partial charge in [0.15, 0.2) is 0 Å². The molecule has 0 aliphatic heterocycles. The Balaban J connectivity index is 2.80. The van der Waals surface area contributed by atoms with Crippen LogP contribution < -0.4 is 5.32 Å². The van der Waals surface area contributed by atoms with Crippen LogP contribution in [0.15, 0.2) is 12.3 Å². The molecule has 0 radical (unpaired) electrons. The highest BCUT2D eigenvalue weighted by Crippen LogP contribution is 2.23. The van der Waals surface area contributed by atoms with Gasteiger partial charge in [0, 0.05) is 18.8 Å². The summed E-state index contributed by atoms with van der Waals surface area (Å²) in [6, 6.07) is 1.54. The van der Waals surface area contributed by atoms with E-state index in [1.165, 1.54) is 6.07 Å². The van der Waals surface area contributed by atoms with Crippen molar-refractivity contribution in [2.75, 3.05) is 11.9 Å². The fourth-order valence-electron chi connectivity index (χ4n) is 1.32. The van der Waals surface area contributed by atoms with Gasteiger partial charge in [0.25, 0.3) is 0 Å². The summed E-state index contributed by atoms with van der Waals surface area (Å²) in [5, 5.41) is 13.9. The predicted octanol–water partition coefficient (Wildman–Crippen LogP) is 3.00. The van der Waals surface area contributed by atoms with Crippen molar-refractivity contribution < 1.29 is 4.92 Å². The number of hydrogen-bond acceptors (Lipinski definition) is 4. The first-order valence-corrected chi connectivity index (χ1v) is 5.76. The maximum atomic E-state index is 10.9. The summed E-state index contributed by atoms with van der Waals surface area (Å²) >= 11 is 0. The van der Waals surface area contributed by atoms with Crippen LogP contribution in [0.25, 0.3) is 0 Å². The van der Waals surface area contributed by atoms with Crippen molar-refractivity contribution in [3.63, 3.8) is 0 Å². The number of nitro groups is 1. The zero-order valence-electron chi connectivity index (χ0n) is 10.7. The third-order valence-electron chi connectivity index (χ3n) is 2.93. The maximum absolute atomic E-state index is 10.9. The first-order chi connectivity index (χ1) is 7.91. The van der Waals surface area contributed by atoms with Gasteiger partial charge in [-0.15, -0.1) is 0 Å². The number of anilines is 1. The van der Waals surface area contributed by atoms with E-state index in [9.17, 15) is 10.1 Å². The van der Waals surface area contributed by atoms with Crippen molar-refractivity contribution in [2.24, 2.45) is 11.8 Å². The van der Waals surface area contributed by atoms with Crippen LogP contribution in [0.4, 0.5) is 11.5 Å². The molecule has 0 aliphatic rings. The fourth-order valence-corrected chi connectivity index (χ4v) is 1.32. The Hall–Kier alpha value is -1.65. The monoisotopic (exact) mass is 237 g/mol. The molecule has 5 nitrogen and oxygen atoms in total. The molecule has 1 aromatic heterocycles. The Kier molecular flexibility index (Phi) is 4.43. The Labute approximate surface area is 101 Å². The summed E-state index contributed by atoms with van der Waals surface area (Å²) in [5.74, 6) is 1.33. The molecular formula is C12H19N3O2. The number of nitrogens with zero attached hydrogens (tertiary/aromatic N) is 2. The molecule has 1 unspecified atom stereocenters. The largest absolute Gasteiger partial charge is 0.364 e. The summed E-state index contributed by atoms with van der Waals surface area (Å²) in [7, 11) is 0. The Morgan fingerprint density at radius 3 is 2.65 bits per heavy atom. The average Bonchev–Trinajstić information content (AvgIpc) is 2.26. The molecular weight excluding hydrogens is 218 g/mol. The lowest BCUT2D eigenvalue weighted by Gasteiger charge is -2.16. The average molecular weight is 237 g/mol. The molecule has 0 bridgehead atoms. The van der Waals surface area contributed by atoms with Gasteiger partial charge in [-0.2, -0.15) is 0 Å². The van der Waals surface area contributed by atoms with Crippen LogP contribution in [-0.4, -0.2) is 16.5 Å². The van der Waals surface area contributed by atoms with Crippen molar-refractivity contribution in [3.05, 3.63) is 27.9 Å². The van der Waals surface area contributed by atoms with Crippen molar-refractivity contribution >= 4 is 11.5 Å². The van der Waals surface area contributed by atoms with Crippen molar-refractivity contribution in [2.45, 2.75) is 27.7 Å². The minimum atomic E-state index is -0.400. The zero-order chi connectivity index (χ0) is 13.0. The van der Waals surface area contributed by atoms with E-state index in [1.54, 1.807) is 13.1 Å². The van der Waals surface area contributed by atoms with E-state index >= 15 is 0 Å². The Morgan fingerprint density at radius 1 is 1.47 bits per heavy atom. The molecule has 1 N–H and O–H groups in total. The van der Waals surface area contributed by atoms with Crippen LogP contribution in [0.1, 0.15) is 26.3 Å². The lowest BCUT2D eigenvalue weighted by Crippen LogP contribution is -2.17. The number of rotatable bonds is 5. The van der Waals surface area contributed by atoms with Crippen LogP contribution in [0.5, 0.6) is 0 Å². The SMILES string of the molecule is Cc1cnc(NCC(C)C(C)C)c([N+](=O)[O-])c1. The molecule has 17 heavy (non-hydrogen) atoms. The van der Waals surface area contributed by atoms with E-state index in [-0.39, 0.29) is 5.69 Å². The molecule has 94 valence electrons. The van der Waals surface area contributed by atoms with Gasteiger partial charge >= 0.3 is 5.69 Å². The fraction of sp³-hybridized carbons (Fsp3) is 0.583. The highest BCUT2D eigenvalue weighted by atomic mass is 16.6. The van der Waals surface area contributed by atoms with Crippen LogP contribution in [-0.2, 0) is 0 Å². The predicted molar refractivity (Wildman–Crippen MR) is 68.1 cm³/mol. The second-order valence-electron chi connectivity index (χ2n) is 4.74. The topological polar surface area (TPSA) is 68.1 Å². The maximum Gasteiger partial charge on any atom is 0.311 e. The van der Waals surface area contributed by atoms with Gasteiger partial charge in [0.1, 0.15) is 0 Å². The Morgan fingerprint density at radius 2 is 2.12 bits per heavy atom. The molecule has 0 fully saturated rings. The van der Waals surface area contributed by atoms with Gasteiger partial charge in [-0.25, -0.2) is 4.98 Å². The van der Waals surface area contributed by atoms with Crippen LogP contribution in [0, 0.1) is 28.9 Å². The number of nitrogens with one attached hydrogen (secondary N) is 1. The second-order valence-corrected chi connectivity index (χ2v) is 4.74. The molecule has 0 aliphatic carbocycles. The summed E-state index contributed by atoms with van der Waals surface area (Å²) in [6.45, 7) is 8.85. The first-order valence-electron chi connectivity index (χ1n) is 5.76. The normalized spacial score (nSPS) is 12.5. The molecule has 1 heterocycles. The van der Waals surface area contributed by atoms with Gasteiger partial charge in [-0.3, -0.25) is 10.1 Å². The minimum Gasteiger partial charge on any atom is -0.364 e. The summed E-state index contributed by atoms with van der Waals surface area (Å²) < 4.78 is 0. The molecule has 1 aromatic rings. The Bertz CT molecular complexity index is 405. The number of hydrogen-bond donors (Lipinski definition) is 1. The van der Waals surface area contributed by atoms with E-state index in [0.29, 0.717) is 24.2 Å². The summed E-state index contributed by atoms with van der Waals surface area (Å²) in [5.41, 5.74) is 0.833. The molecule has 0 saturated heterocycles. The quantitative estimate of drug-likeness (QED) is 0.631. The molecule has 0 spiro atoms. The van der Waals surface area contributed by atoms with Crippen molar-refractivity contribution in [1.29, 1.82) is 0 Å². The highest BCUT2D eigenvalue weighted by molar-refractivity contribution is 5.56. The van der Waals surface area contributed by atoms with Crippen molar-refractivity contribution in [1.82, 2.24) is 4.98 Å². The standard InChI is InChI=1S/C12H19N3O2/c1-8(2)10(4)7-14-12-11(15(16)17)5-9(3)6-13-12/h5-6,8,10H,7H2,1-4H3,(H,13,14). The van der Waals surface area contributed by atoms with E-state index in [2.05, 4.69) is 31.1 Å². The van der Waals surface area contributed by atoms with Gasteiger partial charge in [0.05, 0.1) is 4.92 Å². The molecule has 5 heteroatoms. The molecule has 0 amide bonds. The number of pyridine rings is 1. The minimum absolute atomic E-state index is 0.0426. The first kappa shape index (κ1) is 13.4. The van der Waals surface area contributed by atoms with E-state index in [4.69, 9.17) is 0 Å². The lowest BCUT2D eigenvalue weighted by atomic mass is 9.98. The smallest absolute Gasteiger partial charge is 0.311 e. The summed E-state index contributed by atoms with van der Waals surface area (Å²) in [6.07, 6.45) is 1.63. The lowest BCUT2D eigenvalue weighted by molar-refractivity contribution is -0.384. The highest BCUT2D eigenvalue weighted by Gasteiger charge is 2.16. The van der Waals surface area contributed by atoms with Crippen LogP contribution in [0.3, 0.4) is 0 Å². The van der Waals surface area contributed by atoms with E-state index in [0.717, 1.165) is 5.56 Å². The third-order valence-corrected chi connectivity index (χ3v) is 2.93. The molecule has 0 aromatic carbocycles. The third kappa shape index (κ3) is 3.69. The van der Waals surface area contributed by atoms with Gasteiger partial charge in [-0.05, 0) is 24.3 Å². The van der Waals surface area contributed by atoms with Gasteiger partial charge < -0.3 is 5.32 Å². The molecule has 0 saturated carbocycles. The van der Waals surface area contributed by atoms with E-state index in [1.807, 2.05) is 0 Å². The number of aryl methyl sites for hydroxylation is 1. The zero-order valence-corrected chi connectivity index (χ0v) is 10.7. The summed E-state index contributed by atoms with van der Waals surface area (Å²) in [4.78, 5) is 14.6. The molecule has 1 rings (SSSR count). The molecule has 1 atom stereocenters. The van der Waals surface area contributed by atoms with Crippen molar-refractivity contribution in [3.8, 4) is 0 Å². The van der Waals surface area contributed by atoms with Gasteiger partial charge in [-0.1, -0.05) is 20.8 Å².